The molecule has 1 fully saturated rings. The second-order valence-corrected chi connectivity index (χ2v) is 6.95. The molecule has 1 aliphatic rings. The SMILES string of the molecule is CC[C@H]1CCCCN1C(=O)Cn1c(-c2cccc(F)c2)csc1=O. The lowest BCUT2D eigenvalue weighted by Crippen LogP contribution is -2.45. The van der Waals surface area contributed by atoms with Crippen LogP contribution in [0.25, 0.3) is 11.3 Å². The number of rotatable bonds is 4. The molecular formula is C18H21FN2O2S. The van der Waals surface area contributed by atoms with Crippen molar-refractivity contribution in [3.63, 3.8) is 0 Å². The molecular weight excluding hydrogens is 327 g/mol. The molecule has 0 radical (unpaired) electrons. The molecule has 2 heterocycles. The summed E-state index contributed by atoms with van der Waals surface area (Å²) in [4.78, 5) is 26.6. The first-order chi connectivity index (χ1) is 11.6. The van der Waals surface area contributed by atoms with E-state index in [-0.39, 0.29) is 29.2 Å². The van der Waals surface area contributed by atoms with Crippen LogP contribution in [0.2, 0.25) is 0 Å². The van der Waals surface area contributed by atoms with Crippen LogP contribution < -0.4 is 4.87 Å². The van der Waals surface area contributed by atoms with E-state index >= 15 is 0 Å². The monoisotopic (exact) mass is 348 g/mol. The summed E-state index contributed by atoms with van der Waals surface area (Å²) in [5, 5.41) is 1.69. The number of aromatic nitrogens is 1. The van der Waals surface area contributed by atoms with Crippen molar-refractivity contribution in [2.75, 3.05) is 6.54 Å². The summed E-state index contributed by atoms with van der Waals surface area (Å²) >= 11 is 1.04. The van der Waals surface area contributed by atoms with E-state index < -0.39 is 0 Å². The first-order valence-electron chi connectivity index (χ1n) is 8.34. The van der Waals surface area contributed by atoms with Crippen molar-refractivity contribution in [2.24, 2.45) is 0 Å². The number of thiazole rings is 1. The fourth-order valence-corrected chi connectivity index (χ4v) is 4.10. The summed E-state index contributed by atoms with van der Waals surface area (Å²) < 4.78 is 14.9. The predicted octanol–water partition coefficient (Wildman–Crippen LogP) is 3.51. The quantitative estimate of drug-likeness (QED) is 0.848. The van der Waals surface area contributed by atoms with Gasteiger partial charge in [-0.25, -0.2) is 4.39 Å². The van der Waals surface area contributed by atoms with Gasteiger partial charge in [0, 0.05) is 23.5 Å². The lowest BCUT2D eigenvalue weighted by atomic mass is 10.00. The van der Waals surface area contributed by atoms with Crippen LogP contribution in [0, 0.1) is 5.82 Å². The van der Waals surface area contributed by atoms with Crippen LogP contribution in [0.4, 0.5) is 4.39 Å². The van der Waals surface area contributed by atoms with Gasteiger partial charge in [0.05, 0.1) is 5.69 Å². The zero-order chi connectivity index (χ0) is 17.1. The fourth-order valence-electron chi connectivity index (χ4n) is 3.33. The van der Waals surface area contributed by atoms with Crippen LogP contribution in [-0.2, 0) is 11.3 Å². The number of amides is 1. The van der Waals surface area contributed by atoms with E-state index in [1.54, 1.807) is 17.5 Å². The van der Waals surface area contributed by atoms with E-state index in [2.05, 4.69) is 6.92 Å². The van der Waals surface area contributed by atoms with Gasteiger partial charge in [-0.3, -0.25) is 14.2 Å². The van der Waals surface area contributed by atoms with Gasteiger partial charge in [0.2, 0.25) is 5.91 Å². The van der Waals surface area contributed by atoms with Gasteiger partial charge in [-0.15, -0.1) is 0 Å². The Morgan fingerprint density at radius 3 is 2.96 bits per heavy atom. The van der Waals surface area contributed by atoms with Gasteiger partial charge in [-0.1, -0.05) is 30.4 Å². The molecule has 4 nitrogen and oxygen atoms in total. The third-order valence-corrected chi connectivity index (χ3v) is 5.38. The molecule has 1 amide bonds. The Morgan fingerprint density at radius 1 is 1.38 bits per heavy atom. The molecule has 128 valence electrons. The maximum atomic E-state index is 13.5. The molecule has 0 spiro atoms. The van der Waals surface area contributed by atoms with Crippen molar-refractivity contribution in [1.82, 2.24) is 9.47 Å². The second kappa shape index (κ2) is 7.30. The van der Waals surface area contributed by atoms with Crippen molar-refractivity contribution in [1.29, 1.82) is 0 Å². The van der Waals surface area contributed by atoms with E-state index in [1.165, 1.54) is 16.7 Å². The average Bonchev–Trinajstić information content (AvgIpc) is 2.95. The highest BCUT2D eigenvalue weighted by molar-refractivity contribution is 7.07. The van der Waals surface area contributed by atoms with Gasteiger partial charge >= 0.3 is 4.87 Å². The first kappa shape index (κ1) is 16.9. The van der Waals surface area contributed by atoms with Crippen molar-refractivity contribution in [2.45, 2.75) is 45.2 Å². The standard InChI is InChI=1S/C18H21FN2O2S/c1-2-15-8-3-4-9-20(15)17(22)11-21-16(12-24-18(21)23)13-6-5-7-14(19)10-13/h5-7,10,12,15H,2-4,8-9,11H2,1H3/t15-/m0/s1. The topological polar surface area (TPSA) is 42.3 Å². The molecule has 1 aromatic carbocycles. The number of carbonyl (C=O) groups excluding carboxylic acids is 1. The molecule has 1 saturated heterocycles. The Balaban J connectivity index is 1.86. The molecule has 2 aromatic rings. The highest BCUT2D eigenvalue weighted by Crippen LogP contribution is 2.23. The van der Waals surface area contributed by atoms with Gasteiger partial charge in [-0.05, 0) is 37.8 Å². The van der Waals surface area contributed by atoms with Gasteiger partial charge in [0.1, 0.15) is 12.4 Å². The maximum absolute atomic E-state index is 13.5. The Morgan fingerprint density at radius 2 is 2.21 bits per heavy atom. The molecule has 0 N–H and O–H groups in total. The molecule has 0 bridgehead atoms. The summed E-state index contributed by atoms with van der Waals surface area (Å²) in [6.07, 6.45) is 4.12. The predicted molar refractivity (Wildman–Crippen MR) is 93.6 cm³/mol. The van der Waals surface area contributed by atoms with Crippen LogP contribution in [0.3, 0.4) is 0 Å². The largest absolute Gasteiger partial charge is 0.338 e. The Hall–Kier alpha value is -1.95. The first-order valence-corrected chi connectivity index (χ1v) is 9.22. The lowest BCUT2D eigenvalue weighted by molar-refractivity contribution is -0.135. The van der Waals surface area contributed by atoms with Crippen LogP contribution in [0.5, 0.6) is 0 Å². The summed E-state index contributed by atoms with van der Waals surface area (Å²) in [5.41, 5.74) is 1.22. The fraction of sp³-hybridized carbons (Fsp3) is 0.444. The number of hydrogen-bond acceptors (Lipinski definition) is 3. The van der Waals surface area contributed by atoms with E-state index in [4.69, 9.17) is 0 Å². The van der Waals surface area contributed by atoms with Gasteiger partial charge in [0.15, 0.2) is 0 Å². The number of hydrogen-bond donors (Lipinski definition) is 0. The van der Waals surface area contributed by atoms with Crippen LogP contribution >= 0.6 is 11.3 Å². The number of halogens is 1. The highest BCUT2D eigenvalue weighted by atomic mass is 32.1. The summed E-state index contributed by atoms with van der Waals surface area (Å²) in [5.74, 6) is -0.384. The molecule has 0 saturated carbocycles. The van der Waals surface area contributed by atoms with E-state index in [0.29, 0.717) is 11.3 Å². The number of carbonyl (C=O) groups is 1. The Bertz CT molecular complexity index is 783. The van der Waals surface area contributed by atoms with Crippen LogP contribution in [0.15, 0.2) is 34.4 Å². The van der Waals surface area contributed by atoms with Crippen LogP contribution in [0.1, 0.15) is 32.6 Å². The number of benzene rings is 1. The third-order valence-electron chi connectivity index (χ3n) is 4.62. The molecule has 1 aromatic heterocycles. The highest BCUT2D eigenvalue weighted by Gasteiger charge is 2.26. The van der Waals surface area contributed by atoms with Gasteiger partial charge in [-0.2, -0.15) is 0 Å². The number of nitrogens with zero attached hydrogens (tertiary/aromatic N) is 2. The van der Waals surface area contributed by atoms with E-state index in [0.717, 1.165) is 43.6 Å². The zero-order valence-corrected chi connectivity index (χ0v) is 14.5. The molecule has 24 heavy (non-hydrogen) atoms. The lowest BCUT2D eigenvalue weighted by Gasteiger charge is -2.35. The minimum Gasteiger partial charge on any atom is -0.338 e. The Kier molecular flexibility index (Phi) is 5.14. The van der Waals surface area contributed by atoms with Crippen molar-refractivity contribution in [3.05, 3.63) is 45.1 Å². The van der Waals surface area contributed by atoms with E-state index in [9.17, 15) is 14.0 Å². The summed E-state index contributed by atoms with van der Waals surface area (Å²) in [7, 11) is 0. The molecule has 1 aliphatic heterocycles. The average molecular weight is 348 g/mol. The molecule has 3 rings (SSSR count). The molecule has 1 atom stereocenters. The minimum absolute atomic E-state index is 0.0185. The minimum atomic E-state index is -0.355. The molecule has 0 unspecified atom stereocenters. The van der Waals surface area contributed by atoms with Gasteiger partial charge < -0.3 is 4.90 Å². The van der Waals surface area contributed by atoms with Gasteiger partial charge in [0.25, 0.3) is 0 Å². The smallest absolute Gasteiger partial charge is 0.308 e. The second-order valence-electron chi connectivity index (χ2n) is 6.13. The molecule has 0 aliphatic carbocycles. The maximum Gasteiger partial charge on any atom is 0.308 e. The summed E-state index contributed by atoms with van der Waals surface area (Å²) in [6.45, 7) is 2.86. The molecule has 6 heteroatoms. The third kappa shape index (κ3) is 3.43. The zero-order valence-electron chi connectivity index (χ0n) is 13.7. The van der Waals surface area contributed by atoms with E-state index in [1.807, 2.05) is 4.90 Å². The number of piperidine rings is 1. The Labute approximate surface area is 144 Å². The number of likely N-dealkylation sites (tertiary alicyclic amines) is 1. The van der Waals surface area contributed by atoms with Crippen molar-refractivity contribution < 1.29 is 9.18 Å². The normalized spacial score (nSPS) is 17.9. The van der Waals surface area contributed by atoms with Crippen LogP contribution in [-0.4, -0.2) is 28.0 Å². The van der Waals surface area contributed by atoms with Crippen molar-refractivity contribution >= 4 is 17.2 Å². The van der Waals surface area contributed by atoms with Crippen molar-refractivity contribution in [3.8, 4) is 11.3 Å². The summed E-state index contributed by atoms with van der Waals surface area (Å²) in [6, 6.07) is 6.37.